The fourth-order valence-electron chi connectivity index (χ4n) is 1.30. The molecule has 1 aromatic rings. The molecular weight excluding hydrogens is 206 g/mol. The summed E-state index contributed by atoms with van der Waals surface area (Å²) < 4.78 is 10.4. The van der Waals surface area contributed by atoms with Gasteiger partial charge in [0, 0.05) is 13.5 Å². The maximum atomic E-state index is 11.3. The molecule has 0 saturated carbocycles. The number of furan rings is 1. The Labute approximate surface area is 95.3 Å². The van der Waals surface area contributed by atoms with Gasteiger partial charge in [-0.15, -0.1) is 6.58 Å². The summed E-state index contributed by atoms with van der Waals surface area (Å²) >= 11 is 0. The molecule has 0 aliphatic carbocycles. The smallest absolute Gasteiger partial charge is 0.220 e. The van der Waals surface area contributed by atoms with Crippen molar-refractivity contribution >= 4 is 5.91 Å². The summed E-state index contributed by atoms with van der Waals surface area (Å²) in [5.41, 5.74) is 0. The number of amides is 1. The van der Waals surface area contributed by atoms with Gasteiger partial charge < -0.3 is 14.5 Å². The lowest BCUT2D eigenvalue weighted by Crippen LogP contribution is -2.28. The van der Waals surface area contributed by atoms with E-state index in [2.05, 4.69) is 11.9 Å². The van der Waals surface area contributed by atoms with Crippen LogP contribution in [0.2, 0.25) is 0 Å². The monoisotopic (exact) mass is 223 g/mol. The summed E-state index contributed by atoms with van der Waals surface area (Å²) in [6, 6.07) is 3.62. The van der Waals surface area contributed by atoms with Gasteiger partial charge in [-0.3, -0.25) is 4.79 Å². The van der Waals surface area contributed by atoms with Gasteiger partial charge in [0.15, 0.2) is 0 Å². The van der Waals surface area contributed by atoms with Crippen molar-refractivity contribution in [2.24, 2.45) is 0 Å². The average molecular weight is 223 g/mol. The molecule has 1 heterocycles. The lowest BCUT2D eigenvalue weighted by molar-refractivity contribution is -0.121. The SMILES string of the molecule is C=CCCC(=O)NC[C@H](OC)c1ccco1. The minimum Gasteiger partial charge on any atom is -0.467 e. The molecule has 88 valence electrons. The van der Waals surface area contributed by atoms with Gasteiger partial charge in [-0.1, -0.05) is 6.08 Å². The zero-order valence-corrected chi connectivity index (χ0v) is 9.44. The molecular formula is C12H17NO3. The number of nitrogens with one attached hydrogen (secondary N) is 1. The van der Waals surface area contributed by atoms with Crippen molar-refractivity contribution in [3.05, 3.63) is 36.8 Å². The molecule has 0 aromatic carbocycles. The predicted octanol–water partition coefficient (Wildman–Crippen LogP) is 2.05. The molecule has 0 fully saturated rings. The molecule has 0 saturated heterocycles. The van der Waals surface area contributed by atoms with Crippen molar-refractivity contribution in [3.63, 3.8) is 0 Å². The number of hydrogen-bond acceptors (Lipinski definition) is 3. The van der Waals surface area contributed by atoms with Gasteiger partial charge in [0.25, 0.3) is 0 Å². The molecule has 0 aliphatic heterocycles. The number of allylic oxidation sites excluding steroid dienone is 1. The first kappa shape index (κ1) is 12.5. The van der Waals surface area contributed by atoms with E-state index in [1.54, 1.807) is 25.5 Å². The van der Waals surface area contributed by atoms with E-state index in [1.807, 2.05) is 6.07 Å². The second kappa shape index (κ2) is 6.85. The van der Waals surface area contributed by atoms with Gasteiger partial charge in [0.1, 0.15) is 11.9 Å². The van der Waals surface area contributed by atoms with Crippen molar-refractivity contribution in [2.75, 3.05) is 13.7 Å². The quantitative estimate of drug-likeness (QED) is 0.720. The van der Waals surface area contributed by atoms with E-state index >= 15 is 0 Å². The lowest BCUT2D eigenvalue weighted by Gasteiger charge is -2.13. The standard InChI is InChI=1S/C12H17NO3/c1-3-4-7-12(14)13-9-11(15-2)10-6-5-8-16-10/h3,5-6,8,11H,1,4,7,9H2,2H3,(H,13,14)/t11-/m0/s1. The molecule has 0 unspecified atom stereocenters. The van der Waals surface area contributed by atoms with Crippen LogP contribution in [0, 0.1) is 0 Å². The Balaban J connectivity index is 2.34. The van der Waals surface area contributed by atoms with Crippen LogP contribution in [0.25, 0.3) is 0 Å². The van der Waals surface area contributed by atoms with Crippen molar-refractivity contribution in [1.29, 1.82) is 0 Å². The zero-order valence-electron chi connectivity index (χ0n) is 9.44. The first-order valence-corrected chi connectivity index (χ1v) is 5.21. The van der Waals surface area contributed by atoms with E-state index < -0.39 is 0 Å². The zero-order chi connectivity index (χ0) is 11.8. The highest BCUT2D eigenvalue weighted by Crippen LogP contribution is 2.15. The summed E-state index contributed by atoms with van der Waals surface area (Å²) in [6.45, 7) is 3.98. The Kier molecular flexibility index (Phi) is 5.36. The minimum atomic E-state index is -0.234. The van der Waals surface area contributed by atoms with Crippen LogP contribution in [0.4, 0.5) is 0 Å². The molecule has 0 spiro atoms. The van der Waals surface area contributed by atoms with Crippen LogP contribution in [0.15, 0.2) is 35.5 Å². The molecule has 4 heteroatoms. The maximum absolute atomic E-state index is 11.3. The number of rotatable bonds is 7. The fourth-order valence-corrected chi connectivity index (χ4v) is 1.30. The van der Waals surface area contributed by atoms with Gasteiger partial charge in [-0.05, 0) is 18.6 Å². The Morgan fingerprint density at radius 1 is 1.75 bits per heavy atom. The van der Waals surface area contributed by atoms with E-state index in [0.29, 0.717) is 25.1 Å². The highest BCUT2D eigenvalue weighted by Gasteiger charge is 2.13. The normalized spacial score (nSPS) is 12.1. The van der Waals surface area contributed by atoms with E-state index in [9.17, 15) is 4.79 Å². The van der Waals surface area contributed by atoms with E-state index in [0.717, 1.165) is 0 Å². The summed E-state index contributed by atoms with van der Waals surface area (Å²) in [4.78, 5) is 11.3. The van der Waals surface area contributed by atoms with Crippen LogP contribution >= 0.6 is 0 Å². The van der Waals surface area contributed by atoms with Crippen LogP contribution in [0.1, 0.15) is 24.7 Å². The number of carbonyl (C=O) groups excluding carboxylic acids is 1. The molecule has 1 rings (SSSR count). The van der Waals surface area contributed by atoms with E-state index in [-0.39, 0.29) is 12.0 Å². The topological polar surface area (TPSA) is 51.5 Å². The molecule has 1 N–H and O–H groups in total. The van der Waals surface area contributed by atoms with Gasteiger partial charge in [0.2, 0.25) is 5.91 Å². The van der Waals surface area contributed by atoms with Gasteiger partial charge in [-0.2, -0.15) is 0 Å². The number of carbonyl (C=O) groups is 1. The molecule has 4 nitrogen and oxygen atoms in total. The molecule has 0 aliphatic rings. The highest BCUT2D eigenvalue weighted by molar-refractivity contribution is 5.76. The minimum absolute atomic E-state index is 0.00601. The van der Waals surface area contributed by atoms with Crippen LogP contribution in [-0.4, -0.2) is 19.6 Å². The van der Waals surface area contributed by atoms with Crippen LogP contribution in [0.3, 0.4) is 0 Å². The Hall–Kier alpha value is -1.55. The van der Waals surface area contributed by atoms with Crippen molar-refractivity contribution in [2.45, 2.75) is 18.9 Å². The first-order valence-electron chi connectivity index (χ1n) is 5.21. The van der Waals surface area contributed by atoms with Crippen LogP contribution in [0.5, 0.6) is 0 Å². The average Bonchev–Trinajstić information content (AvgIpc) is 2.81. The Morgan fingerprint density at radius 3 is 3.12 bits per heavy atom. The highest BCUT2D eigenvalue weighted by atomic mass is 16.5. The summed E-state index contributed by atoms with van der Waals surface area (Å²) in [6.07, 6.45) is 4.21. The second-order valence-corrected chi connectivity index (χ2v) is 3.37. The summed E-state index contributed by atoms with van der Waals surface area (Å²) in [7, 11) is 1.59. The van der Waals surface area contributed by atoms with Gasteiger partial charge in [0.05, 0.1) is 12.8 Å². The number of hydrogen-bond donors (Lipinski definition) is 1. The van der Waals surface area contributed by atoms with Gasteiger partial charge >= 0.3 is 0 Å². The molecule has 1 amide bonds. The van der Waals surface area contributed by atoms with Crippen LogP contribution in [-0.2, 0) is 9.53 Å². The van der Waals surface area contributed by atoms with E-state index in [1.165, 1.54) is 0 Å². The molecule has 0 bridgehead atoms. The third-order valence-corrected chi connectivity index (χ3v) is 2.21. The fraction of sp³-hybridized carbons (Fsp3) is 0.417. The van der Waals surface area contributed by atoms with Crippen molar-refractivity contribution < 1.29 is 13.9 Å². The molecule has 1 atom stereocenters. The van der Waals surface area contributed by atoms with Crippen molar-refractivity contribution in [1.82, 2.24) is 5.32 Å². The molecule has 16 heavy (non-hydrogen) atoms. The Morgan fingerprint density at radius 2 is 2.56 bits per heavy atom. The van der Waals surface area contributed by atoms with Crippen LogP contribution < -0.4 is 5.32 Å². The largest absolute Gasteiger partial charge is 0.467 e. The third-order valence-electron chi connectivity index (χ3n) is 2.21. The second-order valence-electron chi connectivity index (χ2n) is 3.37. The van der Waals surface area contributed by atoms with Gasteiger partial charge in [-0.25, -0.2) is 0 Å². The number of methoxy groups -OCH3 is 1. The maximum Gasteiger partial charge on any atom is 0.220 e. The molecule has 0 radical (unpaired) electrons. The number of ether oxygens (including phenoxy) is 1. The Bertz CT molecular complexity index is 319. The first-order chi connectivity index (χ1) is 7.77. The summed E-state index contributed by atoms with van der Waals surface area (Å²) in [5, 5.41) is 2.79. The van der Waals surface area contributed by atoms with Crippen molar-refractivity contribution in [3.8, 4) is 0 Å². The van der Waals surface area contributed by atoms with E-state index in [4.69, 9.17) is 9.15 Å². The predicted molar refractivity (Wildman–Crippen MR) is 60.9 cm³/mol. The summed E-state index contributed by atoms with van der Waals surface area (Å²) in [5.74, 6) is 0.708. The lowest BCUT2D eigenvalue weighted by atomic mass is 10.2. The molecule has 1 aromatic heterocycles. The third kappa shape index (κ3) is 3.90.